The Hall–Kier alpha value is -1.76. The van der Waals surface area contributed by atoms with Gasteiger partial charge >= 0.3 is 0 Å². The van der Waals surface area contributed by atoms with Crippen molar-refractivity contribution in [3.05, 3.63) is 23.5 Å². The number of hydrazine groups is 1. The van der Waals surface area contributed by atoms with Crippen molar-refractivity contribution < 1.29 is 4.79 Å². The van der Waals surface area contributed by atoms with E-state index in [1.165, 1.54) is 0 Å². The highest BCUT2D eigenvalue weighted by atomic mass is 16.1. The van der Waals surface area contributed by atoms with Crippen LogP contribution in [-0.2, 0) is 4.79 Å². The molecular weight excluding hydrogens is 154 g/mol. The highest BCUT2D eigenvalue weighted by Crippen LogP contribution is 2.33. The summed E-state index contributed by atoms with van der Waals surface area (Å²) in [6, 6.07) is 1.94. The van der Waals surface area contributed by atoms with E-state index in [4.69, 9.17) is 5.26 Å². The van der Waals surface area contributed by atoms with Crippen molar-refractivity contribution in [2.45, 2.75) is 6.04 Å². The third kappa shape index (κ3) is 0.627. The lowest BCUT2D eigenvalue weighted by molar-refractivity contribution is -0.105. The van der Waals surface area contributed by atoms with Gasteiger partial charge in [0.25, 0.3) is 0 Å². The molecule has 0 saturated carbocycles. The van der Waals surface area contributed by atoms with Crippen LogP contribution in [0.2, 0.25) is 0 Å². The second-order valence-corrected chi connectivity index (χ2v) is 2.75. The van der Waals surface area contributed by atoms with Crippen molar-refractivity contribution in [2.75, 3.05) is 7.05 Å². The molecule has 4 nitrogen and oxygen atoms in total. The molecule has 0 N–H and O–H groups in total. The fourth-order valence-electron chi connectivity index (χ4n) is 1.45. The van der Waals surface area contributed by atoms with Crippen LogP contribution in [0, 0.1) is 11.3 Å². The summed E-state index contributed by atoms with van der Waals surface area (Å²) in [7, 11) is 1.86. The Morgan fingerprint density at radius 2 is 2.50 bits per heavy atom. The fraction of sp³-hybridized carbons (Fsp3) is 0.250. The Labute approximate surface area is 69.9 Å². The van der Waals surface area contributed by atoms with Crippen LogP contribution in [0.5, 0.6) is 0 Å². The number of carbonyl (C=O) groups excluding carboxylic acids is 1. The standard InChI is InChI=1S/C8H7N3O/c1-10-7-2-6(5-12)4-11(10)8(7)3-9/h2,4-5,8H,1H3. The van der Waals surface area contributed by atoms with Crippen molar-refractivity contribution in [1.82, 2.24) is 10.0 Å². The summed E-state index contributed by atoms with van der Waals surface area (Å²) < 4.78 is 0. The van der Waals surface area contributed by atoms with Gasteiger partial charge in [0.2, 0.25) is 0 Å². The van der Waals surface area contributed by atoms with Gasteiger partial charge in [-0.05, 0) is 6.08 Å². The third-order valence-electron chi connectivity index (χ3n) is 2.12. The van der Waals surface area contributed by atoms with Gasteiger partial charge in [0, 0.05) is 18.8 Å². The zero-order valence-corrected chi connectivity index (χ0v) is 6.56. The Balaban J connectivity index is 2.34. The van der Waals surface area contributed by atoms with Gasteiger partial charge in [-0.3, -0.25) is 14.8 Å². The third-order valence-corrected chi connectivity index (χ3v) is 2.12. The average molecular weight is 161 g/mol. The van der Waals surface area contributed by atoms with Gasteiger partial charge in [0.15, 0.2) is 12.3 Å². The van der Waals surface area contributed by atoms with Crippen LogP contribution in [0.15, 0.2) is 23.5 Å². The van der Waals surface area contributed by atoms with E-state index in [1.807, 2.05) is 12.1 Å². The Morgan fingerprint density at radius 1 is 1.75 bits per heavy atom. The smallest absolute Gasteiger partial charge is 0.177 e. The number of rotatable bonds is 1. The molecule has 12 heavy (non-hydrogen) atoms. The van der Waals surface area contributed by atoms with E-state index >= 15 is 0 Å². The molecule has 0 aromatic carbocycles. The summed E-state index contributed by atoms with van der Waals surface area (Å²) in [6.07, 6.45) is 4.20. The van der Waals surface area contributed by atoms with E-state index in [2.05, 4.69) is 6.07 Å². The maximum atomic E-state index is 10.4. The van der Waals surface area contributed by atoms with Gasteiger partial charge < -0.3 is 0 Å². The van der Waals surface area contributed by atoms with Crippen LogP contribution < -0.4 is 0 Å². The van der Waals surface area contributed by atoms with E-state index in [0.29, 0.717) is 5.57 Å². The Bertz CT molecular complexity index is 337. The van der Waals surface area contributed by atoms with Crippen LogP contribution in [0.25, 0.3) is 0 Å². The average Bonchev–Trinajstić information content (AvgIpc) is 2.15. The van der Waals surface area contributed by atoms with Crippen molar-refractivity contribution >= 4 is 6.29 Å². The molecule has 0 aromatic rings. The number of hydrogen-bond donors (Lipinski definition) is 0. The number of fused-ring (bicyclic) bond motifs is 1. The first-order valence-corrected chi connectivity index (χ1v) is 3.58. The molecule has 3 aliphatic rings. The first-order chi connectivity index (χ1) is 5.77. The minimum Gasteiger partial charge on any atom is -0.298 e. The lowest BCUT2D eigenvalue weighted by atomic mass is 10.0. The molecule has 60 valence electrons. The van der Waals surface area contributed by atoms with Crippen molar-refractivity contribution in [1.29, 1.82) is 5.26 Å². The minimum atomic E-state index is -0.196. The summed E-state index contributed by atoms with van der Waals surface area (Å²) in [5.74, 6) is 0. The maximum Gasteiger partial charge on any atom is 0.177 e. The molecule has 1 unspecified atom stereocenters. The summed E-state index contributed by atoms with van der Waals surface area (Å²) in [4.78, 5) is 10.4. The lowest BCUT2D eigenvalue weighted by Gasteiger charge is -2.51. The molecule has 0 radical (unpaired) electrons. The van der Waals surface area contributed by atoms with Gasteiger partial charge in [-0.15, -0.1) is 0 Å². The first kappa shape index (κ1) is 6.92. The van der Waals surface area contributed by atoms with Crippen LogP contribution in [0.4, 0.5) is 0 Å². The van der Waals surface area contributed by atoms with E-state index in [0.717, 1.165) is 12.0 Å². The second-order valence-electron chi connectivity index (χ2n) is 2.75. The zero-order chi connectivity index (χ0) is 8.72. The fourth-order valence-corrected chi connectivity index (χ4v) is 1.45. The Kier molecular flexibility index (Phi) is 1.22. The zero-order valence-electron chi connectivity index (χ0n) is 6.56. The number of nitriles is 1. The monoisotopic (exact) mass is 161 g/mol. The molecule has 0 aliphatic carbocycles. The van der Waals surface area contributed by atoms with Crippen LogP contribution in [0.3, 0.4) is 0 Å². The summed E-state index contributed by atoms with van der Waals surface area (Å²) in [6.45, 7) is 0. The highest BCUT2D eigenvalue weighted by molar-refractivity contribution is 5.79. The van der Waals surface area contributed by atoms with Crippen LogP contribution in [0.1, 0.15) is 0 Å². The predicted molar refractivity (Wildman–Crippen MR) is 41.2 cm³/mol. The van der Waals surface area contributed by atoms with Gasteiger partial charge in [-0.25, -0.2) is 0 Å². The van der Waals surface area contributed by atoms with Crippen LogP contribution in [-0.4, -0.2) is 29.4 Å². The summed E-state index contributed by atoms with van der Waals surface area (Å²) in [5, 5.41) is 12.3. The number of carbonyl (C=O) groups is 1. The van der Waals surface area contributed by atoms with Gasteiger partial charge in [-0.1, -0.05) is 0 Å². The Morgan fingerprint density at radius 3 is 2.92 bits per heavy atom. The largest absolute Gasteiger partial charge is 0.298 e. The molecule has 1 atom stereocenters. The lowest BCUT2D eigenvalue weighted by Crippen LogP contribution is -2.58. The highest BCUT2D eigenvalue weighted by Gasteiger charge is 2.40. The molecule has 0 aromatic heterocycles. The topological polar surface area (TPSA) is 47.3 Å². The molecule has 3 rings (SSSR count). The van der Waals surface area contributed by atoms with E-state index in [1.54, 1.807) is 17.3 Å². The van der Waals surface area contributed by atoms with Gasteiger partial charge in [-0.2, -0.15) is 5.26 Å². The van der Waals surface area contributed by atoms with Crippen LogP contribution >= 0.6 is 0 Å². The molecule has 0 spiro atoms. The first-order valence-electron chi connectivity index (χ1n) is 3.58. The van der Waals surface area contributed by atoms with E-state index in [-0.39, 0.29) is 6.04 Å². The number of allylic oxidation sites excluding steroid dienone is 2. The van der Waals surface area contributed by atoms with Gasteiger partial charge in [0.05, 0.1) is 11.8 Å². The van der Waals surface area contributed by atoms with Crippen molar-refractivity contribution in [3.63, 3.8) is 0 Å². The number of hydrogen-bond acceptors (Lipinski definition) is 4. The number of aldehydes is 1. The predicted octanol–water partition coefficient (Wildman–Crippen LogP) is 0.0213. The maximum absolute atomic E-state index is 10.4. The van der Waals surface area contributed by atoms with Gasteiger partial charge in [0.1, 0.15) is 0 Å². The number of likely N-dealkylation sites (N-methyl/N-ethyl adjacent to an activating group) is 1. The molecule has 1 fully saturated rings. The summed E-state index contributed by atoms with van der Waals surface area (Å²) in [5.41, 5.74) is 1.51. The SMILES string of the molecule is CN1C2=CC(C=O)=CN1C2C#N. The van der Waals surface area contributed by atoms with E-state index in [9.17, 15) is 4.79 Å². The summed E-state index contributed by atoms with van der Waals surface area (Å²) >= 11 is 0. The number of nitrogens with zero attached hydrogens (tertiary/aromatic N) is 3. The molecule has 3 heterocycles. The molecular formula is C8H7N3O. The van der Waals surface area contributed by atoms with Crippen molar-refractivity contribution in [2.24, 2.45) is 0 Å². The second kappa shape index (κ2) is 2.11. The molecule has 3 aliphatic heterocycles. The normalized spacial score (nSPS) is 25.2. The van der Waals surface area contributed by atoms with E-state index < -0.39 is 0 Å². The molecule has 4 heteroatoms. The van der Waals surface area contributed by atoms with Crippen molar-refractivity contribution in [3.8, 4) is 6.07 Å². The molecule has 0 amide bonds. The molecule has 2 bridgehead atoms. The quantitative estimate of drug-likeness (QED) is 0.509. The molecule has 1 saturated heterocycles. The minimum absolute atomic E-state index is 0.196.